The summed E-state index contributed by atoms with van der Waals surface area (Å²) in [5, 5.41) is 30.8. The van der Waals surface area contributed by atoms with Gasteiger partial charge in [0.1, 0.15) is 36.3 Å². The second kappa shape index (κ2) is 22.1. The number of primary amides is 2. The largest absolute Gasteiger partial charge is 0.481 e. The number of carboxylic acids is 2. The van der Waals surface area contributed by atoms with Crippen molar-refractivity contribution in [1.29, 1.82) is 0 Å². The van der Waals surface area contributed by atoms with Crippen LogP contribution < -0.4 is 43.8 Å². The maximum atomic E-state index is 13.8. The van der Waals surface area contributed by atoms with E-state index < -0.39 is 133 Å². The lowest BCUT2D eigenvalue weighted by molar-refractivity contribution is -0.150. The molecular formula is C34H57N9O12. The topological polar surface area (TPSA) is 353 Å². The number of rotatable bonds is 23. The summed E-state index contributed by atoms with van der Waals surface area (Å²) in [5.41, 5.74) is 16.1. The second-order valence-electron chi connectivity index (χ2n) is 14.7. The Bertz CT molecular complexity index is 1450. The van der Waals surface area contributed by atoms with Crippen molar-refractivity contribution in [3.8, 4) is 0 Å². The summed E-state index contributed by atoms with van der Waals surface area (Å²) < 4.78 is 0. The molecule has 1 heterocycles. The van der Waals surface area contributed by atoms with Crippen LogP contribution in [0.5, 0.6) is 0 Å². The fraction of sp³-hybridized carbons (Fsp3) is 0.706. The van der Waals surface area contributed by atoms with Gasteiger partial charge in [-0.15, -0.1) is 0 Å². The number of hydrogen-bond donors (Lipinski definition) is 10. The molecule has 0 aromatic rings. The summed E-state index contributed by atoms with van der Waals surface area (Å²) in [6, 6.07) is -9.56. The van der Waals surface area contributed by atoms with E-state index in [1.54, 1.807) is 41.5 Å². The Labute approximate surface area is 319 Å². The molecule has 21 heteroatoms. The molecule has 0 saturated carbocycles. The van der Waals surface area contributed by atoms with Gasteiger partial charge in [-0.1, -0.05) is 41.5 Å². The maximum absolute atomic E-state index is 13.8. The number of nitrogens with one attached hydrogen (secondary N) is 5. The molecule has 13 N–H and O–H groups in total. The summed E-state index contributed by atoms with van der Waals surface area (Å²) in [6.45, 7) is 10.3. The van der Waals surface area contributed by atoms with Crippen molar-refractivity contribution in [2.75, 3.05) is 6.54 Å². The van der Waals surface area contributed by atoms with Crippen molar-refractivity contribution in [1.82, 2.24) is 31.5 Å². The normalized spacial score (nSPS) is 17.3. The zero-order valence-corrected chi connectivity index (χ0v) is 32.1. The molecule has 21 nitrogen and oxygen atoms in total. The van der Waals surface area contributed by atoms with Crippen LogP contribution in [0.2, 0.25) is 0 Å². The number of carbonyl (C=O) groups is 10. The van der Waals surface area contributed by atoms with E-state index in [1.165, 1.54) is 4.90 Å². The minimum absolute atomic E-state index is 0.0287. The zero-order valence-electron chi connectivity index (χ0n) is 32.1. The standard InChI is InChI=1S/C34H57N9O12/c1-15(2)12-20(31(51)41-26(16(3)4)32(52)42-27(17(5)6)33(53)43-11-7-8-22(43)34(54)55)40-29(49)19(9-10-23(36)44)38-30(50)21(14-24(37)45)39-28(48)18(35)13-25(46)47/h15-22,26-27H,7-14,35H2,1-6H3,(H2,36,44)(H2,37,45)(H,38,50)(H,39,48)(H,40,49)(H,41,51)(H,42,52)(H,46,47)(H,54,55). The fourth-order valence-electron chi connectivity index (χ4n) is 5.78. The quantitative estimate of drug-likeness (QED) is 0.0488. The number of aliphatic carboxylic acids is 2. The zero-order chi connectivity index (χ0) is 42.3. The first-order chi connectivity index (χ1) is 25.5. The Balaban J connectivity index is 3.29. The summed E-state index contributed by atoms with van der Waals surface area (Å²) in [6.07, 6.45) is -1.61. The van der Waals surface area contributed by atoms with Gasteiger partial charge in [-0.25, -0.2) is 4.79 Å². The van der Waals surface area contributed by atoms with E-state index in [9.17, 15) is 53.1 Å². The predicted molar refractivity (Wildman–Crippen MR) is 194 cm³/mol. The van der Waals surface area contributed by atoms with Crippen molar-refractivity contribution in [2.24, 2.45) is 35.0 Å². The molecule has 0 aliphatic carbocycles. The van der Waals surface area contributed by atoms with Crippen molar-refractivity contribution in [3.63, 3.8) is 0 Å². The van der Waals surface area contributed by atoms with Crippen LogP contribution in [0.3, 0.4) is 0 Å². The Hall–Kier alpha value is -5.34. The lowest BCUT2D eigenvalue weighted by atomic mass is 9.97. The minimum Gasteiger partial charge on any atom is -0.481 e. The van der Waals surface area contributed by atoms with E-state index in [0.717, 1.165) is 0 Å². The van der Waals surface area contributed by atoms with Crippen LogP contribution in [-0.2, 0) is 47.9 Å². The number of carbonyl (C=O) groups excluding carboxylic acids is 8. The molecule has 1 saturated heterocycles. The molecule has 0 aromatic carbocycles. The Kier molecular flexibility index (Phi) is 19.2. The number of carboxylic acid groups (broad SMARTS) is 2. The van der Waals surface area contributed by atoms with Crippen molar-refractivity contribution >= 4 is 59.2 Å². The number of nitrogens with two attached hydrogens (primary N) is 3. The third-order valence-corrected chi connectivity index (χ3v) is 8.72. The van der Waals surface area contributed by atoms with E-state index in [4.69, 9.17) is 22.3 Å². The van der Waals surface area contributed by atoms with E-state index in [-0.39, 0.29) is 31.7 Å². The molecule has 8 amide bonds. The van der Waals surface area contributed by atoms with E-state index in [2.05, 4.69) is 26.6 Å². The van der Waals surface area contributed by atoms with Gasteiger partial charge in [-0.3, -0.25) is 43.2 Å². The Morgan fingerprint density at radius 1 is 0.655 bits per heavy atom. The highest BCUT2D eigenvalue weighted by Gasteiger charge is 2.40. The summed E-state index contributed by atoms with van der Waals surface area (Å²) >= 11 is 0. The van der Waals surface area contributed by atoms with Gasteiger partial charge in [-0.2, -0.15) is 0 Å². The highest BCUT2D eigenvalue weighted by molar-refractivity contribution is 5.98. The van der Waals surface area contributed by atoms with Gasteiger partial charge in [-0.05, 0) is 43.4 Å². The molecule has 0 aromatic heterocycles. The third-order valence-electron chi connectivity index (χ3n) is 8.72. The lowest BCUT2D eigenvalue weighted by Crippen LogP contribution is -2.61. The number of nitrogens with zero attached hydrogens (tertiary/aromatic N) is 1. The molecule has 7 atom stereocenters. The summed E-state index contributed by atoms with van der Waals surface area (Å²) in [7, 11) is 0. The van der Waals surface area contributed by atoms with Crippen LogP contribution in [0.15, 0.2) is 0 Å². The molecular weight excluding hydrogens is 726 g/mol. The van der Waals surface area contributed by atoms with Crippen molar-refractivity contribution < 1.29 is 58.2 Å². The highest BCUT2D eigenvalue weighted by atomic mass is 16.4. The fourth-order valence-corrected chi connectivity index (χ4v) is 5.78. The van der Waals surface area contributed by atoms with Gasteiger partial charge in [0.25, 0.3) is 0 Å². The highest BCUT2D eigenvalue weighted by Crippen LogP contribution is 2.21. The Morgan fingerprint density at radius 2 is 1.16 bits per heavy atom. The van der Waals surface area contributed by atoms with Crippen LogP contribution in [0, 0.1) is 17.8 Å². The molecule has 0 radical (unpaired) electrons. The van der Waals surface area contributed by atoms with Crippen LogP contribution in [0.1, 0.15) is 86.5 Å². The number of likely N-dealkylation sites (tertiary alicyclic amines) is 1. The van der Waals surface area contributed by atoms with Gasteiger partial charge in [0.05, 0.1) is 18.9 Å². The first-order valence-corrected chi connectivity index (χ1v) is 18.1. The maximum Gasteiger partial charge on any atom is 0.326 e. The predicted octanol–water partition coefficient (Wildman–Crippen LogP) is -3.21. The van der Waals surface area contributed by atoms with Gasteiger partial charge < -0.3 is 58.9 Å². The molecule has 0 bridgehead atoms. The lowest BCUT2D eigenvalue weighted by Gasteiger charge is -2.32. The number of amides is 8. The summed E-state index contributed by atoms with van der Waals surface area (Å²) in [5.74, 6) is -11.0. The average Bonchev–Trinajstić information content (AvgIpc) is 3.56. The van der Waals surface area contributed by atoms with Gasteiger partial charge in [0, 0.05) is 13.0 Å². The minimum atomic E-state index is -1.71. The first-order valence-electron chi connectivity index (χ1n) is 18.1. The van der Waals surface area contributed by atoms with Crippen molar-refractivity contribution in [2.45, 2.75) is 129 Å². The average molecular weight is 784 g/mol. The summed E-state index contributed by atoms with van der Waals surface area (Å²) in [4.78, 5) is 127. The molecule has 1 aliphatic rings. The molecule has 55 heavy (non-hydrogen) atoms. The Morgan fingerprint density at radius 3 is 1.65 bits per heavy atom. The first kappa shape index (κ1) is 47.7. The molecule has 0 spiro atoms. The van der Waals surface area contributed by atoms with Crippen LogP contribution in [-0.4, -0.2) is 123 Å². The van der Waals surface area contributed by atoms with Crippen LogP contribution in [0.4, 0.5) is 0 Å². The molecule has 1 fully saturated rings. The van der Waals surface area contributed by atoms with E-state index in [1.807, 2.05) is 0 Å². The van der Waals surface area contributed by atoms with Crippen LogP contribution in [0.25, 0.3) is 0 Å². The van der Waals surface area contributed by atoms with Gasteiger partial charge in [0.15, 0.2) is 0 Å². The van der Waals surface area contributed by atoms with Crippen LogP contribution >= 0.6 is 0 Å². The molecule has 7 unspecified atom stereocenters. The number of hydrogen-bond acceptors (Lipinski definition) is 11. The van der Waals surface area contributed by atoms with E-state index >= 15 is 0 Å². The molecule has 1 aliphatic heterocycles. The SMILES string of the molecule is CC(C)CC(NC(=O)C(CCC(N)=O)NC(=O)C(CC(N)=O)NC(=O)C(N)CC(=O)O)C(=O)NC(C(=O)NC(C(=O)N1CCCC1C(=O)O)C(C)C)C(C)C. The van der Waals surface area contributed by atoms with Gasteiger partial charge in [0.2, 0.25) is 47.3 Å². The van der Waals surface area contributed by atoms with E-state index in [0.29, 0.717) is 6.42 Å². The van der Waals surface area contributed by atoms with Crippen molar-refractivity contribution in [3.05, 3.63) is 0 Å². The van der Waals surface area contributed by atoms with Gasteiger partial charge >= 0.3 is 11.9 Å². The monoisotopic (exact) mass is 783 g/mol. The molecule has 1 rings (SSSR count). The smallest absolute Gasteiger partial charge is 0.326 e. The molecule has 310 valence electrons. The third kappa shape index (κ3) is 15.9. The second-order valence-corrected chi connectivity index (χ2v) is 14.7.